The van der Waals surface area contributed by atoms with Gasteiger partial charge in [0.2, 0.25) is 0 Å². The lowest BCUT2D eigenvalue weighted by Gasteiger charge is -2.30. The van der Waals surface area contributed by atoms with Crippen LogP contribution in [-0.2, 0) is 6.42 Å². The molecule has 0 aliphatic heterocycles. The molecule has 120 valence electrons. The molecular weight excluding hydrogens is 254 g/mol. The Kier molecular flexibility index (Phi) is 9.41. The molecule has 1 nitrogen and oxygen atoms in total. The van der Waals surface area contributed by atoms with E-state index in [1.165, 1.54) is 76.4 Å². The maximum atomic E-state index is 2.38. The Balaban J connectivity index is 2.04. The van der Waals surface area contributed by atoms with Crippen molar-refractivity contribution in [1.82, 2.24) is 0 Å². The predicted octanol–water partition coefficient (Wildman–Crippen LogP) is 5.45. The highest BCUT2D eigenvalue weighted by Gasteiger charge is 2.14. The molecule has 0 unspecified atom stereocenters. The molecule has 0 saturated heterocycles. The fourth-order valence-electron chi connectivity index (χ4n) is 2.86. The average Bonchev–Trinajstić information content (AvgIpc) is 2.49. The maximum absolute atomic E-state index is 2.38. The van der Waals surface area contributed by atoms with Crippen LogP contribution in [0.25, 0.3) is 0 Å². The number of nitrogens with zero attached hydrogens (tertiary/aromatic N) is 1. The van der Waals surface area contributed by atoms with Crippen molar-refractivity contribution in [2.75, 3.05) is 27.2 Å². The highest BCUT2D eigenvalue weighted by molar-refractivity contribution is 5.14. The Hall–Kier alpha value is -0.820. The first-order valence-electron chi connectivity index (χ1n) is 9.00. The number of hydrogen-bond donors (Lipinski definition) is 0. The third-order valence-electron chi connectivity index (χ3n) is 4.47. The largest absolute Gasteiger partial charge is 0.328 e. The summed E-state index contributed by atoms with van der Waals surface area (Å²) < 4.78 is 1.16. The molecule has 0 aliphatic rings. The van der Waals surface area contributed by atoms with Crippen LogP contribution in [0, 0.1) is 0 Å². The van der Waals surface area contributed by atoms with Crippen molar-refractivity contribution >= 4 is 0 Å². The van der Waals surface area contributed by atoms with Gasteiger partial charge in [-0.2, -0.15) is 0 Å². The van der Waals surface area contributed by atoms with Gasteiger partial charge in [-0.15, -0.1) is 0 Å². The second kappa shape index (κ2) is 10.8. The van der Waals surface area contributed by atoms with Crippen LogP contribution >= 0.6 is 0 Å². The molecule has 0 aromatic heterocycles. The van der Waals surface area contributed by atoms with Gasteiger partial charge in [-0.1, -0.05) is 75.8 Å². The first-order valence-corrected chi connectivity index (χ1v) is 9.00. The summed E-state index contributed by atoms with van der Waals surface area (Å²) in [4.78, 5) is 0. The second-order valence-corrected chi connectivity index (χ2v) is 7.09. The fourth-order valence-corrected chi connectivity index (χ4v) is 2.86. The van der Waals surface area contributed by atoms with E-state index >= 15 is 0 Å². The molecule has 0 heterocycles. The van der Waals surface area contributed by atoms with E-state index in [2.05, 4.69) is 51.4 Å². The second-order valence-electron chi connectivity index (χ2n) is 7.09. The van der Waals surface area contributed by atoms with Crippen LogP contribution in [0.2, 0.25) is 0 Å². The van der Waals surface area contributed by atoms with E-state index in [1.54, 1.807) is 0 Å². The molecule has 0 aliphatic carbocycles. The van der Waals surface area contributed by atoms with Gasteiger partial charge in [0.05, 0.1) is 27.2 Å². The molecule has 1 aromatic rings. The summed E-state index contributed by atoms with van der Waals surface area (Å²) in [7, 11) is 4.76. The van der Waals surface area contributed by atoms with Crippen molar-refractivity contribution in [2.45, 2.75) is 64.7 Å². The van der Waals surface area contributed by atoms with Gasteiger partial charge in [0, 0.05) is 6.42 Å². The summed E-state index contributed by atoms with van der Waals surface area (Å²) in [6.07, 6.45) is 12.5. The standard InChI is InChI=1S/C20H36N/c1-4-5-6-7-8-9-10-14-18-21(2,3)19-17-20-15-12-11-13-16-20/h11-13,15-16H,4-10,14,17-19H2,1-3H3/q+1. The van der Waals surface area contributed by atoms with E-state index in [0.29, 0.717) is 0 Å². The van der Waals surface area contributed by atoms with Gasteiger partial charge in [-0.25, -0.2) is 0 Å². The summed E-state index contributed by atoms with van der Waals surface area (Å²) >= 11 is 0. The van der Waals surface area contributed by atoms with E-state index in [-0.39, 0.29) is 0 Å². The number of hydrogen-bond acceptors (Lipinski definition) is 0. The lowest BCUT2D eigenvalue weighted by Crippen LogP contribution is -2.42. The first-order chi connectivity index (χ1) is 10.1. The van der Waals surface area contributed by atoms with Gasteiger partial charge >= 0.3 is 0 Å². The van der Waals surface area contributed by atoms with Gasteiger partial charge < -0.3 is 4.48 Å². The van der Waals surface area contributed by atoms with E-state index in [0.717, 1.165) is 4.48 Å². The molecule has 0 atom stereocenters. The SMILES string of the molecule is CCCCCCCCCC[N+](C)(C)CCc1ccccc1. The van der Waals surface area contributed by atoms with Crippen LogP contribution in [-0.4, -0.2) is 31.7 Å². The monoisotopic (exact) mass is 290 g/mol. The Morgan fingerprint density at radius 3 is 1.90 bits per heavy atom. The molecule has 0 bridgehead atoms. The van der Waals surface area contributed by atoms with Crippen LogP contribution in [0.1, 0.15) is 63.9 Å². The van der Waals surface area contributed by atoms with Gasteiger partial charge in [0.25, 0.3) is 0 Å². The lowest BCUT2D eigenvalue weighted by atomic mass is 10.1. The normalized spacial score (nSPS) is 11.8. The average molecular weight is 291 g/mol. The molecule has 1 rings (SSSR count). The smallest absolute Gasteiger partial charge is 0.0823 e. The zero-order valence-electron chi connectivity index (χ0n) is 14.6. The Morgan fingerprint density at radius 1 is 0.714 bits per heavy atom. The lowest BCUT2D eigenvalue weighted by molar-refractivity contribution is -0.890. The molecule has 21 heavy (non-hydrogen) atoms. The van der Waals surface area contributed by atoms with Crippen molar-refractivity contribution < 1.29 is 4.48 Å². The van der Waals surface area contributed by atoms with Crippen LogP contribution in [0.15, 0.2) is 30.3 Å². The summed E-state index contributed by atoms with van der Waals surface area (Å²) in [5, 5.41) is 0. The number of benzene rings is 1. The van der Waals surface area contributed by atoms with Crippen molar-refractivity contribution in [3.8, 4) is 0 Å². The third-order valence-corrected chi connectivity index (χ3v) is 4.47. The van der Waals surface area contributed by atoms with Gasteiger partial charge in [-0.3, -0.25) is 0 Å². The first kappa shape index (κ1) is 18.2. The van der Waals surface area contributed by atoms with E-state index in [4.69, 9.17) is 0 Å². The van der Waals surface area contributed by atoms with Crippen molar-refractivity contribution in [3.63, 3.8) is 0 Å². The number of rotatable bonds is 12. The molecule has 0 fully saturated rings. The van der Waals surface area contributed by atoms with Crippen LogP contribution in [0.5, 0.6) is 0 Å². The number of likely N-dealkylation sites (N-methyl/N-ethyl adjacent to an activating group) is 1. The van der Waals surface area contributed by atoms with Gasteiger partial charge in [0.1, 0.15) is 0 Å². The van der Waals surface area contributed by atoms with Gasteiger partial charge in [-0.05, 0) is 18.4 Å². The molecule has 0 amide bonds. The molecular formula is C20H36N+. The van der Waals surface area contributed by atoms with Crippen molar-refractivity contribution in [3.05, 3.63) is 35.9 Å². The molecule has 0 spiro atoms. The summed E-state index contributed by atoms with van der Waals surface area (Å²) in [6, 6.07) is 10.9. The maximum Gasteiger partial charge on any atom is 0.0823 e. The summed E-state index contributed by atoms with van der Waals surface area (Å²) in [5.41, 5.74) is 1.47. The van der Waals surface area contributed by atoms with E-state index < -0.39 is 0 Å². The van der Waals surface area contributed by atoms with Crippen molar-refractivity contribution in [2.24, 2.45) is 0 Å². The predicted molar refractivity (Wildman–Crippen MR) is 94.6 cm³/mol. The molecule has 1 aromatic carbocycles. The zero-order valence-corrected chi connectivity index (χ0v) is 14.6. The third kappa shape index (κ3) is 9.68. The molecule has 0 radical (unpaired) electrons. The Morgan fingerprint density at radius 2 is 1.29 bits per heavy atom. The number of quaternary nitrogens is 1. The minimum absolute atomic E-state index is 1.16. The molecule has 1 heteroatoms. The summed E-state index contributed by atoms with van der Waals surface area (Å²) in [5.74, 6) is 0. The number of unbranched alkanes of at least 4 members (excludes halogenated alkanes) is 7. The van der Waals surface area contributed by atoms with Crippen LogP contribution in [0.4, 0.5) is 0 Å². The molecule has 0 saturated carbocycles. The summed E-state index contributed by atoms with van der Waals surface area (Å²) in [6.45, 7) is 4.86. The topological polar surface area (TPSA) is 0 Å². The van der Waals surface area contributed by atoms with Crippen LogP contribution in [0.3, 0.4) is 0 Å². The van der Waals surface area contributed by atoms with Gasteiger partial charge in [0.15, 0.2) is 0 Å². The Bertz CT molecular complexity index is 342. The minimum Gasteiger partial charge on any atom is -0.328 e. The molecule has 0 N–H and O–H groups in total. The quantitative estimate of drug-likeness (QED) is 0.355. The Labute approximate surface area is 133 Å². The zero-order chi connectivity index (χ0) is 15.4. The fraction of sp³-hybridized carbons (Fsp3) is 0.700. The minimum atomic E-state index is 1.16. The highest BCUT2D eigenvalue weighted by Crippen LogP contribution is 2.11. The van der Waals surface area contributed by atoms with E-state index in [9.17, 15) is 0 Å². The van der Waals surface area contributed by atoms with E-state index in [1.807, 2.05) is 0 Å². The van der Waals surface area contributed by atoms with Crippen molar-refractivity contribution in [1.29, 1.82) is 0 Å². The highest BCUT2D eigenvalue weighted by atomic mass is 15.3. The van der Waals surface area contributed by atoms with Crippen LogP contribution < -0.4 is 0 Å².